The van der Waals surface area contributed by atoms with Gasteiger partial charge in [-0.15, -0.1) is 0 Å². The number of nitrogens with zero attached hydrogens (tertiary/aromatic N) is 3. The topological polar surface area (TPSA) is 41.3 Å². The molecule has 20 heavy (non-hydrogen) atoms. The van der Waals surface area contributed by atoms with Crippen molar-refractivity contribution in [1.29, 1.82) is 0 Å². The van der Waals surface area contributed by atoms with E-state index in [1.807, 2.05) is 10.8 Å². The smallest absolute Gasteiger partial charge is 0.0991 e. The monoisotopic (exact) mass is 271 g/mol. The molecular formula is C16H21N3O. The summed E-state index contributed by atoms with van der Waals surface area (Å²) in [5.41, 5.74) is 2.42. The van der Waals surface area contributed by atoms with Crippen LogP contribution in [0.2, 0.25) is 0 Å². The number of imidazole rings is 1. The first-order chi connectivity index (χ1) is 9.78. The van der Waals surface area contributed by atoms with Crippen molar-refractivity contribution in [3.05, 3.63) is 48.5 Å². The molecular weight excluding hydrogens is 250 g/mol. The Bertz CT molecular complexity index is 535. The van der Waals surface area contributed by atoms with Gasteiger partial charge < -0.3 is 9.67 Å². The summed E-state index contributed by atoms with van der Waals surface area (Å²) in [6.45, 7) is 4.48. The molecule has 2 heterocycles. The van der Waals surface area contributed by atoms with Crippen molar-refractivity contribution in [3.63, 3.8) is 0 Å². The Morgan fingerprint density at radius 1 is 1.30 bits per heavy atom. The number of hydrogen-bond acceptors (Lipinski definition) is 3. The van der Waals surface area contributed by atoms with Gasteiger partial charge in [0.1, 0.15) is 0 Å². The molecule has 4 nitrogen and oxygen atoms in total. The van der Waals surface area contributed by atoms with Crippen LogP contribution >= 0.6 is 0 Å². The lowest BCUT2D eigenvalue weighted by molar-refractivity contribution is 0.134. The van der Waals surface area contributed by atoms with Crippen molar-refractivity contribution in [2.75, 3.05) is 13.2 Å². The molecule has 0 aliphatic carbocycles. The Hall–Kier alpha value is -1.65. The second-order valence-corrected chi connectivity index (χ2v) is 5.62. The minimum Gasteiger partial charge on any atom is -0.395 e. The molecule has 0 spiro atoms. The minimum atomic E-state index is 0.258. The van der Waals surface area contributed by atoms with Gasteiger partial charge in [0.05, 0.1) is 12.9 Å². The highest BCUT2D eigenvalue weighted by molar-refractivity contribution is 5.34. The van der Waals surface area contributed by atoms with E-state index in [-0.39, 0.29) is 6.61 Å². The first-order valence-electron chi connectivity index (χ1n) is 7.20. The van der Waals surface area contributed by atoms with Crippen LogP contribution in [-0.4, -0.2) is 38.8 Å². The fourth-order valence-electron chi connectivity index (χ4n) is 3.00. The van der Waals surface area contributed by atoms with Crippen molar-refractivity contribution in [3.8, 4) is 5.69 Å². The van der Waals surface area contributed by atoms with Gasteiger partial charge in [0.2, 0.25) is 0 Å². The molecule has 1 saturated heterocycles. The third-order valence-electron chi connectivity index (χ3n) is 4.31. The van der Waals surface area contributed by atoms with Gasteiger partial charge in [0.15, 0.2) is 0 Å². The van der Waals surface area contributed by atoms with Crippen LogP contribution in [0.1, 0.15) is 18.9 Å². The lowest BCUT2D eigenvalue weighted by atomic mass is 10.0. The Morgan fingerprint density at radius 3 is 2.75 bits per heavy atom. The van der Waals surface area contributed by atoms with Crippen LogP contribution < -0.4 is 0 Å². The summed E-state index contributed by atoms with van der Waals surface area (Å²) < 4.78 is 2.00. The van der Waals surface area contributed by atoms with Crippen LogP contribution in [0.3, 0.4) is 0 Å². The van der Waals surface area contributed by atoms with Crippen LogP contribution in [0.4, 0.5) is 0 Å². The van der Waals surface area contributed by atoms with Gasteiger partial charge in [0, 0.05) is 30.7 Å². The van der Waals surface area contributed by atoms with Crippen molar-refractivity contribution in [1.82, 2.24) is 14.5 Å². The summed E-state index contributed by atoms with van der Waals surface area (Å²) >= 11 is 0. The van der Waals surface area contributed by atoms with Crippen molar-refractivity contribution >= 4 is 0 Å². The maximum absolute atomic E-state index is 9.50. The summed E-state index contributed by atoms with van der Waals surface area (Å²) in [6, 6.07) is 8.86. The fraction of sp³-hybridized carbons (Fsp3) is 0.438. The molecule has 2 atom stereocenters. The zero-order valence-electron chi connectivity index (χ0n) is 11.8. The molecule has 2 aromatic rings. The molecule has 1 aliphatic rings. The summed E-state index contributed by atoms with van der Waals surface area (Å²) in [7, 11) is 0. The van der Waals surface area contributed by atoms with Gasteiger partial charge in [-0.1, -0.05) is 19.1 Å². The first-order valence-corrected chi connectivity index (χ1v) is 7.20. The van der Waals surface area contributed by atoms with Gasteiger partial charge in [-0.05, 0) is 36.6 Å². The Balaban J connectivity index is 1.69. The molecule has 106 valence electrons. The van der Waals surface area contributed by atoms with E-state index in [2.05, 4.69) is 41.1 Å². The predicted molar refractivity (Wildman–Crippen MR) is 78.6 cm³/mol. The highest BCUT2D eigenvalue weighted by atomic mass is 16.3. The van der Waals surface area contributed by atoms with Gasteiger partial charge in [0.25, 0.3) is 0 Å². The Labute approximate surface area is 119 Å². The van der Waals surface area contributed by atoms with Crippen LogP contribution in [0.25, 0.3) is 5.69 Å². The van der Waals surface area contributed by atoms with Crippen LogP contribution in [0.15, 0.2) is 43.0 Å². The summed E-state index contributed by atoms with van der Waals surface area (Å²) in [5.74, 6) is 0.588. The predicted octanol–water partition coefficient (Wildman–Crippen LogP) is 2.08. The Morgan fingerprint density at radius 2 is 2.10 bits per heavy atom. The molecule has 1 aromatic heterocycles. The van der Waals surface area contributed by atoms with Crippen LogP contribution in [0, 0.1) is 5.92 Å². The largest absolute Gasteiger partial charge is 0.395 e. The third kappa shape index (κ3) is 2.62. The maximum Gasteiger partial charge on any atom is 0.0991 e. The van der Waals surface area contributed by atoms with Crippen LogP contribution in [0.5, 0.6) is 0 Å². The van der Waals surface area contributed by atoms with E-state index >= 15 is 0 Å². The molecule has 0 bridgehead atoms. The highest BCUT2D eigenvalue weighted by Gasteiger charge is 2.30. The summed E-state index contributed by atoms with van der Waals surface area (Å²) in [6.07, 6.45) is 6.71. The zero-order chi connectivity index (χ0) is 13.9. The van der Waals surface area contributed by atoms with Gasteiger partial charge in [-0.25, -0.2) is 4.98 Å². The molecule has 0 radical (unpaired) electrons. The molecule has 1 fully saturated rings. The SMILES string of the molecule is CC1CCN(Cc2ccc(-n3ccnc3)cc2)C1CO. The first kappa shape index (κ1) is 13.3. The number of aliphatic hydroxyl groups excluding tert-OH is 1. The minimum absolute atomic E-state index is 0.258. The summed E-state index contributed by atoms with van der Waals surface area (Å²) in [5, 5.41) is 9.50. The summed E-state index contributed by atoms with van der Waals surface area (Å²) in [4.78, 5) is 6.45. The number of aromatic nitrogens is 2. The number of aliphatic hydroxyl groups is 1. The van der Waals surface area contributed by atoms with E-state index < -0.39 is 0 Å². The average molecular weight is 271 g/mol. The van der Waals surface area contributed by atoms with Gasteiger partial charge >= 0.3 is 0 Å². The molecule has 0 amide bonds. The quantitative estimate of drug-likeness (QED) is 0.925. The second kappa shape index (κ2) is 5.77. The van der Waals surface area contributed by atoms with Crippen molar-refractivity contribution in [2.45, 2.75) is 25.9 Å². The standard InChI is InChI=1S/C16H21N3O/c1-13-6-8-18(16(13)11-20)10-14-2-4-15(5-3-14)19-9-7-17-12-19/h2-5,7,9,12-13,16,20H,6,8,10-11H2,1H3. The average Bonchev–Trinajstić information content (AvgIpc) is 3.10. The van der Waals surface area contributed by atoms with E-state index in [1.54, 1.807) is 12.5 Å². The Kier molecular flexibility index (Phi) is 3.85. The van der Waals surface area contributed by atoms with E-state index in [1.165, 1.54) is 12.0 Å². The van der Waals surface area contributed by atoms with Crippen molar-refractivity contribution < 1.29 is 5.11 Å². The molecule has 4 heteroatoms. The molecule has 1 aromatic carbocycles. The lowest BCUT2D eigenvalue weighted by Gasteiger charge is -2.25. The number of rotatable bonds is 4. The molecule has 0 saturated carbocycles. The molecule has 1 N–H and O–H groups in total. The number of hydrogen-bond donors (Lipinski definition) is 1. The third-order valence-corrected chi connectivity index (χ3v) is 4.31. The molecule has 2 unspecified atom stereocenters. The number of likely N-dealkylation sites (tertiary alicyclic amines) is 1. The van der Waals surface area contributed by atoms with Gasteiger partial charge in [-0.3, -0.25) is 4.90 Å². The van der Waals surface area contributed by atoms with E-state index in [4.69, 9.17) is 0 Å². The van der Waals surface area contributed by atoms with E-state index in [0.717, 1.165) is 18.8 Å². The lowest BCUT2D eigenvalue weighted by Crippen LogP contribution is -2.34. The van der Waals surface area contributed by atoms with Crippen molar-refractivity contribution in [2.24, 2.45) is 5.92 Å². The normalized spacial score (nSPS) is 23.3. The fourth-order valence-corrected chi connectivity index (χ4v) is 3.00. The maximum atomic E-state index is 9.50. The van der Waals surface area contributed by atoms with Gasteiger partial charge in [-0.2, -0.15) is 0 Å². The van der Waals surface area contributed by atoms with Crippen LogP contribution in [-0.2, 0) is 6.54 Å². The van der Waals surface area contributed by atoms with E-state index in [9.17, 15) is 5.11 Å². The highest BCUT2D eigenvalue weighted by Crippen LogP contribution is 2.25. The number of benzene rings is 1. The molecule has 1 aliphatic heterocycles. The second-order valence-electron chi connectivity index (χ2n) is 5.62. The molecule has 3 rings (SSSR count). The van der Waals surface area contributed by atoms with E-state index in [0.29, 0.717) is 12.0 Å². The zero-order valence-corrected chi connectivity index (χ0v) is 11.8.